The Morgan fingerprint density at radius 2 is 1.65 bits per heavy atom. The highest BCUT2D eigenvalue weighted by Gasteiger charge is 2.07. The van der Waals surface area contributed by atoms with Crippen LogP contribution < -0.4 is 0 Å². The highest BCUT2D eigenvalue weighted by Crippen LogP contribution is 1.97. The molecule has 2 N–H and O–H groups in total. The van der Waals surface area contributed by atoms with Gasteiger partial charge in [-0.25, -0.2) is 0 Å². The Bertz CT molecular complexity index is 220. The zero-order chi connectivity index (χ0) is 16.0. The smallest absolute Gasteiger partial charge is 0.305 e. The number of hydrogen-bond donors (Lipinski definition) is 2. The average molecular weight is 294 g/mol. The van der Waals surface area contributed by atoms with E-state index in [1.54, 1.807) is 13.8 Å². The van der Waals surface area contributed by atoms with Crippen molar-refractivity contribution in [3.63, 3.8) is 0 Å². The van der Waals surface area contributed by atoms with E-state index in [0.717, 1.165) is 6.42 Å². The van der Waals surface area contributed by atoms with Crippen molar-refractivity contribution >= 4 is 5.97 Å². The molecule has 0 rings (SSSR count). The van der Waals surface area contributed by atoms with E-state index in [1.165, 1.54) is 7.11 Å². The second-order valence-corrected chi connectivity index (χ2v) is 4.65. The molecule has 0 amide bonds. The molecule has 0 heterocycles. The van der Waals surface area contributed by atoms with Gasteiger partial charge in [-0.15, -0.1) is 0 Å². The third kappa shape index (κ3) is 17.3. The number of aliphatic hydroxyl groups excluding tert-OH is 2. The van der Waals surface area contributed by atoms with Crippen LogP contribution in [-0.2, 0) is 19.0 Å². The monoisotopic (exact) mass is 294 g/mol. The largest absolute Gasteiger partial charge is 0.469 e. The minimum Gasteiger partial charge on any atom is -0.469 e. The van der Waals surface area contributed by atoms with Gasteiger partial charge in [-0.3, -0.25) is 4.79 Å². The van der Waals surface area contributed by atoms with E-state index in [9.17, 15) is 4.79 Å². The molecular formula is C14H30O6. The van der Waals surface area contributed by atoms with E-state index in [0.29, 0.717) is 19.6 Å². The Kier molecular flexibility index (Phi) is 15.9. The van der Waals surface area contributed by atoms with E-state index in [2.05, 4.69) is 4.74 Å². The molecule has 3 atom stereocenters. The van der Waals surface area contributed by atoms with Crippen molar-refractivity contribution in [2.75, 3.05) is 26.9 Å². The highest BCUT2D eigenvalue weighted by atomic mass is 16.5. The van der Waals surface area contributed by atoms with Gasteiger partial charge in [-0.05, 0) is 27.2 Å². The lowest BCUT2D eigenvalue weighted by molar-refractivity contribution is -0.140. The van der Waals surface area contributed by atoms with E-state index < -0.39 is 6.10 Å². The molecule has 0 radical (unpaired) electrons. The Hall–Kier alpha value is -0.690. The quantitative estimate of drug-likeness (QED) is 0.620. The summed E-state index contributed by atoms with van der Waals surface area (Å²) in [5, 5.41) is 17.6. The van der Waals surface area contributed by atoms with Crippen molar-refractivity contribution in [1.82, 2.24) is 0 Å². The highest BCUT2D eigenvalue weighted by molar-refractivity contribution is 5.68. The minimum atomic E-state index is -0.447. The number of hydrogen-bond acceptors (Lipinski definition) is 6. The van der Waals surface area contributed by atoms with Crippen LogP contribution in [0.2, 0.25) is 0 Å². The fourth-order valence-electron chi connectivity index (χ4n) is 1.01. The summed E-state index contributed by atoms with van der Waals surface area (Å²) in [6.07, 6.45) is 0.752. The first-order valence-corrected chi connectivity index (χ1v) is 6.96. The summed E-state index contributed by atoms with van der Waals surface area (Å²) in [6.45, 7) is 8.05. The molecule has 0 aromatic rings. The van der Waals surface area contributed by atoms with Crippen LogP contribution in [0.1, 0.15) is 40.5 Å². The van der Waals surface area contributed by atoms with Crippen LogP contribution in [0.5, 0.6) is 0 Å². The van der Waals surface area contributed by atoms with Crippen LogP contribution in [0.3, 0.4) is 0 Å². The first-order chi connectivity index (χ1) is 9.37. The third-order valence-electron chi connectivity index (χ3n) is 2.18. The zero-order valence-corrected chi connectivity index (χ0v) is 13.3. The predicted molar refractivity (Wildman–Crippen MR) is 76.5 cm³/mol. The number of rotatable bonds is 9. The number of ether oxygens (including phenoxy) is 3. The van der Waals surface area contributed by atoms with Crippen LogP contribution in [0.4, 0.5) is 0 Å². The van der Waals surface area contributed by atoms with Crippen LogP contribution in [-0.4, -0.2) is 61.4 Å². The maximum absolute atomic E-state index is 10.2. The average Bonchev–Trinajstić information content (AvgIpc) is 2.43. The Labute approximate surface area is 122 Å². The van der Waals surface area contributed by atoms with Crippen LogP contribution in [0.15, 0.2) is 0 Å². The summed E-state index contributed by atoms with van der Waals surface area (Å²) in [7, 11) is 1.40. The van der Waals surface area contributed by atoms with Crippen molar-refractivity contribution in [3.8, 4) is 0 Å². The van der Waals surface area contributed by atoms with Gasteiger partial charge in [-0.2, -0.15) is 0 Å². The van der Waals surface area contributed by atoms with Crippen molar-refractivity contribution < 1.29 is 29.2 Å². The van der Waals surface area contributed by atoms with Crippen molar-refractivity contribution in [2.45, 2.75) is 58.8 Å². The standard InChI is InChI=1S/C9H20O4.C5H10O2/c1-7(11)5-12-9(3)6-13-8(2)4-10;1-3-4-5(6)7-2/h7-11H,4-6H2,1-3H3;3-4H2,1-2H3. The molecule has 0 aromatic carbocycles. The molecule has 0 saturated carbocycles. The van der Waals surface area contributed by atoms with E-state index in [-0.39, 0.29) is 24.8 Å². The van der Waals surface area contributed by atoms with Gasteiger partial charge in [0.15, 0.2) is 0 Å². The topological polar surface area (TPSA) is 85.2 Å². The SMILES string of the molecule is CC(O)COC(C)COC(C)CO.CCCC(=O)OC. The fraction of sp³-hybridized carbons (Fsp3) is 0.929. The molecule has 3 unspecified atom stereocenters. The maximum Gasteiger partial charge on any atom is 0.305 e. The molecule has 0 aromatic heterocycles. The Morgan fingerprint density at radius 3 is 2.00 bits per heavy atom. The zero-order valence-electron chi connectivity index (χ0n) is 13.3. The Balaban J connectivity index is 0. The van der Waals surface area contributed by atoms with Gasteiger partial charge in [0.1, 0.15) is 0 Å². The molecule has 122 valence electrons. The molecule has 0 saturated heterocycles. The lowest BCUT2D eigenvalue weighted by Gasteiger charge is -2.16. The van der Waals surface area contributed by atoms with Crippen molar-refractivity contribution in [3.05, 3.63) is 0 Å². The van der Waals surface area contributed by atoms with Crippen LogP contribution in [0, 0.1) is 0 Å². The van der Waals surface area contributed by atoms with E-state index >= 15 is 0 Å². The number of carbonyl (C=O) groups excluding carboxylic acids is 1. The first-order valence-electron chi connectivity index (χ1n) is 6.96. The summed E-state index contributed by atoms with van der Waals surface area (Å²) >= 11 is 0. The lowest BCUT2D eigenvalue weighted by atomic mass is 10.3. The third-order valence-corrected chi connectivity index (χ3v) is 2.18. The molecule has 0 aliphatic rings. The molecule has 0 aliphatic heterocycles. The van der Waals surface area contributed by atoms with Gasteiger partial charge in [0.25, 0.3) is 0 Å². The second-order valence-electron chi connectivity index (χ2n) is 4.65. The summed E-state index contributed by atoms with van der Waals surface area (Å²) < 4.78 is 14.8. The number of esters is 1. The summed E-state index contributed by atoms with van der Waals surface area (Å²) in [4.78, 5) is 10.2. The van der Waals surface area contributed by atoms with E-state index in [4.69, 9.17) is 19.7 Å². The molecule has 6 heteroatoms. The number of carbonyl (C=O) groups is 1. The molecule has 0 aliphatic carbocycles. The number of methoxy groups -OCH3 is 1. The van der Waals surface area contributed by atoms with Gasteiger partial charge < -0.3 is 24.4 Å². The van der Waals surface area contributed by atoms with Crippen LogP contribution >= 0.6 is 0 Å². The number of aliphatic hydroxyl groups is 2. The molecule has 0 spiro atoms. The lowest BCUT2D eigenvalue weighted by Crippen LogP contribution is -2.24. The minimum absolute atomic E-state index is 0.0170. The fourth-order valence-corrected chi connectivity index (χ4v) is 1.01. The van der Waals surface area contributed by atoms with Crippen molar-refractivity contribution in [2.24, 2.45) is 0 Å². The molecule has 6 nitrogen and oxygen atoms in total. The molecule has 0 bridgehead atoms. The summed E-state index contributed by atoms with van der Waals surface area (Å²) in [6, 6.07) is 0. The van der Waals surface area contributed by atoms with Gasteiger partial charge in [0.2, 0.25) is 0 Å². The Morgan fingerprint density at radius 1 is 1.10 bits per heavy atom. The van der Waals surface area contributed by atoms with E-state index in [1.807, 2.05) is 13.8 Å². The van der Waals surface area contributed by atoms with Gasteiger partial charge in [0.05, 0.1) is 45.2 Å². The predicted octanol–water partition coefficient (Wildman–Crippen LogP) is 1.13. The molecule has 0 fully saturated rings. The normalized spacial score (nSPS) is 14.8. The van der Waals surface area contributed by atoms with Crippen LogP contribution in [0.25, 0.3) is 0 Å². The van der Waals surface area contributed by atoms with Gasteiger partial charge in [0, 0.05) is 6.42 Å². The first kappa shape index (κ1) is 21.6. The van der Waals surface area contributed by atoms with Gasteiger partial charge in [-0.1, -0.05) is 6.92 Å². The summed E-state index contributed by atoms with van der Waals surface area (Å²) in [5.41, 5.74) is 0. The second kappa shape index (κ2) is 14.7. The molecule has 20 heavy (non-hydrogen) atoms. The molecular weight excluding hydrogens is 264 g/mol. The van der Waals surface area contributed by atoms with Gasteiger partial charge >= 0.3 is 5.97 Å². The maximum atomic E-state index is 10.2. The summed E-state index contributed by atoms with van der Waals surface area (Å²) in [5.74, 6) is -0.123. The van der Waals surface area contributed by atoms with Crippen molar-refractivity contribution in [1.29, 1.82) is 0 Å².